The predicted molar refractivity (Wildman–Crippen MR) is 142 cm³/mol. The number of aromatic hydroxyl groups is 2. The van der Waals surface area contributed by atoms with Gasteiger partial charge in [-0.1, -0.05) is 37.1 Å². The Bertz CT molecular complexity index is 1320. The van der Waals surface area contributed by atoms with Crippen molar-refractivity contribution in [2.45, 2.75) is 38.5 Å². The number of fused-ring (bicyclic) bond motifs is 2. The molecule has 2 aliphatic carbocycles. The van der Waals surface area contributed by atoms with Crippen LogP contribution in [0.2, 0.25) is 0 Å². The molecule has 0 aliphatic heterocycles. The topological polar surface area (TPSA) is 40.5 Å². The summed E-state index contributed by atoms with van der Waals surface area (Å²) in [5, 5.41) is 22.9. The van der Waals surface area contributed by atoms with E-state index in [2.05, 4.69) is 48.6 Å². The minimum atomic E-state index is -0.576. The molecule has 0 saturated carbocycles. The first kappa shape index (κ1) is 28.5. The molecule has 188 valence electrons. The Labute approximate surface area is 235 Å². The normalized spacial score (nSPS) is 12.7. The Morgan fingerprint density at radius 3 is 1.30 bits per heavy atom. The van der Waals surface area contributed by atoms with Gasteiger partial charge in [0.1, 0.15) is 0 Å². The Morgan fingerprint density at radius 2 is 0.973 bits per heavy atom. The van der Waals surface area contributed by atoms with E-state index in [0.29, 0.717) is 0 Å². The predicted octanol–water partition coefficient (Wildman–Crippen LogP) is 4.68. The summed E-state index contributed by atoms with van der Waals surface area (Å²) in [6.07, 6.45) is 16.7. The van der Waals surface area contributed by atoms with Gasteiger partial charge in [0.15, 0.2) is 23.1 Å². The van der Waals surface area contributed by atoms with E-state index >= 15 is 0 Å². The standard InChI is InChI=1S/C20H20.2C6H5FO.Zr/c1-2-6-18-12-15(11-17(18)5-1)9-10-16-13-19-7-3-4-8-20(19)14-16;2*7-5-3-1-2-4-6(5)8;/h5-8,11-14H,1-4,9-10H2;2*1-4,8H;/q-2;;;+2. The third-order valence-electron chi connectivity index (χ3n) is 6.23. The smallest absolute Gasteiger partial charge is 0.505 e. The summed E-state index contributed by atoms with van der Waals surface area (Å²) < 4.78 is 24.1. The minimum Gasteiger partial charge on any atom is -0.505 e. The number of hydrogen-bond acceptors (Lipinski definition) is 2. The molecule has 6 rings (SSSR count). The summed E-state index contributed by atoms with van der Waals surface area (Å²) in [7, 11) is 0. The average Bonchev–Trinajstić information content (AvgIpc) is 3.50. The van der Waals surface area contributed by atoms with E-state index in [1.807, 2.05) is 0 Å². The van der Waals surface area contributed by atoms with Crippen molar-refractivity contribution >= 4 is 24.3 Å². The van der Waals surface area contributed by atoms with Crippen LogP contribution >= 0.6 is 0 Å². The van der Waals surface area contributed by atoms with Gasteiger partial charge in [-0.15, -0.1) is 45.8 Å². The zero-order valence-electron chi connectivity index (χ0n) is 20.6. The van der Waals surface area contributed by atoms with Crippen LogP contribution < -0.4 is 20.9 Å². The first-order valence-electron chi connectivity index (χ1n) is 12.3. The third-order valence-corrected chi connectivity index (χ3v) is 6.23. The average molecular weight is 576 g/mol. The molecule has 0 amide bonds. The fraction of sp³-hybridized carbons (Fsp3) is 0.188. The number of halogens is 2. The van der Waals surface area contributed by atoms with Gasteiger partial charge in [-0.3, -0.25) is 0 Å². The van der Waals surface area contributed by atoms with Gasteiger partial charge in [-0.05, 0) is 49.9 Å². The fourth-order valence-electron chi connectivity index (χ4n) is 4.36. The molecule has 0 spiro atoms. The Balaban J connectivity index is 0.000000186. The summed E-state index contributed by atoms with van der Waals surface area (Å²) in [5.41, 5.74) is 2.99. The SMILES string of the molecule is C1=c2cc(CCc3cc4c([cH-]3)=CCCC=4)[cH-]c2=CCC1.Oc1ccccc1F.Oc1ccccc1F.[Zr+2]. The van der Waals surface area contributed by atoms with Crippen molar-refractivity contribution in [3.05, 3.63) is 116 Å². The number of phenolic OH excluding ortho intramolecular Hbond substituents is 2. The summed E-state index contributed by atoms with van der Waals surface area (Å²) in [5.74, 6) is -1.75. The van der Waals surface area contributed by atoms with Crippen LogP contribution in [0, 0.1) is 11.6 Å². The number of benzene rings is 2. The molecule has 0 atom stereocenters. The van der Waals surface area contributed by atoms with Crippen LogP contribution in [0.15, 0.2) is 72.8 Å². The Hall–Kier alpha value is -3.04. The molecular formula is C32H30F2O2Zr. The van der Waals surface area contributed by atoms with Crippen LogP contribution in [-0.4, -0.2) is 10.2 Å². The number of aryl methyl sites for hydroxylation is 2. The van der Waals surface area contributed by atoms with Crippen LogP contribution in [-0.2, 0) is 39.0 Å². The first-order valence-corrected chi connectivity index (χ1v) is 12.3. The molecule has 0 unspecified atom stereocenters. The molecule has 37 heavy (non-hydrogen) atoms. The van der Waals surface area contributed by atoms with Gasteiger partial charge in [0.25, 0.3) is 0 Å². The van der Waals surface area contributed by atoms with E-state index < -0.39 is 11.6 Å². The maximum Gasteiger partial charge on any atom is 2.00 e. The van der Waals surface area contributed by atoms with Crippen molar-refractivity contribution in [1.82, 2.24) is 0 Å². The molecule has 2 N–H and O–H groups in total. The summed E-state index contributed by atoms with van der Waals surface area (Å²) in [6, 6.07) is 20.7. The van der Waals surface area contributed by atoms with Gasteiger partial charge < -0.3 is 10.2 Å². The molecule has 0 radical (unpaired) electrons. The van der Waals surface area contributed by atoms with Crippen molar-refractivity contribution in [2.24, 2.45) is 0 Å². The second-order valence-corrected chi connectivity index (χ2v) is 8.92. The molecule has 5 heteroatoms. The van der Waals surface area contributed by atoms with Crippen LogP contribution in [0.1, 0.15) is 36.8 Å². The molecule has 2 aliphatic rings. The number of rotatable bonds is 3. The van der Waals surface area contributed by atoms with E-state index in [1.165, 1.54) is 94.1 Å². The molecule has 0 saturated heterocycles. The van der Waals surface area contributed by atoms with E-state index in [1.54, 1.807) is 12.1 Å². The zero-order chi connectivity index (χ0) is 25.3. The van der Waals surface area contributed by atoms with Gasteiger partial charge in [-0.25, -0.2) is 8.78 Å². The summed E-state index contributed by atoms with van der Waals surface area (Å²) >= 11 is 0. The van der Waals surface area contributed by atoms with E-state index in [9.17, 15) is 8.78 Å². The van der Waals surface area contributed by atoms with Crippen molar-refractivity contribution in [3.8, 4) is 11.5 Å². The second-order valence-electron chi connectivity index (χ2n) is 8.92. The molecule has 4 aromatic rings. The van der Waals surface area contributed by atoms with Crippen molar-refractivity contribution in [1.29, 1.82) is 0 Å². The van der Waals surface area contributed by atoms with Crippen LogP contribution in [0.5, 0.6) is 11.5 Å². The summed E-state index contributed by atoms with van der Waals surface area (Å²) in [6.45, 7) is 0. The molecule has 0 aromatic heterocycles. The van der Waals surface area contributed by atoms with Gasteiger partial charge in [0.05, 0.1) is 0 Å². The quantitative estimate of drug-likeness (QED) is 0.349. The largest absolute Gasteiger partial charge is 2.00 e. The third kappa shape index (κ3) is 8.23. The monoisotopic (exact) mass is 574 g/mol. The Morgan fingerprint density at radius 1 is 0.595 bits per heavy atom. The van der Waals surface area contributed by atoms with Gasteiger partial charge in [0, 0.05) is 0 Å². The van der Waals surface area contributed by atoms with Crippen LogP contribution in [0.3, 0.4) is 0 Å². The Kier molecular flexibility index (Phi) is 10.8. The van der Waals surface area contributed by atoms with Gasteiger partial charge in [-0.2, -0.15) is 34.7 Å². The molecular weight excluding hydrogens is 546 g/mol. The molecule has 4 aromatic carbocycles. The molecule has 0 bridgehead atoms. The maximum atomic E-state index is 12.1. The molecule has 2 nitrogen and oxygen atoms in total. The number of phenols is 2. The van der Waals surface area contributed by atoms with E-state index in [0.717, 1.165) is 12.8 Å². The van der Waals surface area contributed by atoms with E-state index in [4.69, 9.17) is 10.2 Å². The second kappa shape index (κ2) is 14.0. The number of hydrogen-bond donors (Lipinski definition) is 2. The van der Waals surface area contributed by atoms with Crippen LogP contribution in [0.25, 0.3) is 24.3 Å². The van der Waals surface area contributed by atoms with Crippen molar-refractivity contribution in [3.63, 3.8) is 0 Å². The van der Waals surface area contributed by atoms with Gasteiger partial charge in [0.2, 0.25) is 0 Å². The van der Waals surface area contributed by atoms with Gasteiger partial charge >= 0.3 is 26.2 Å². The summed E-state index contributed by atoms with van der Waals surface area (Å²) in [4.78, 5) is 0. The minimum absolute atomic E-state index is 0. The van der Waals surface area contributed by atoms with Crippen molar-refractivity contribution < 1.29 is 45.2 Å². The first-order chi connectivity index (χ1) is 17.5. The zero-order valence-corrected chi connectivity index (χ0v) is 23.1. The van der Waals surface area contributed by atoms with E-state index in [-0.39, 0.29) is 37.7 Å². The fourth-order valence-corrected chi connectivity index (χ4v) is 4.36. The number of para-hydroxylation sites is 2. The molecule has 0 heterocycles. The maximum absolute atomic E-state index is 12.1. The van der Waals surface area contributed by atoms with Crippen molar-refractivity contribution in [2.75, 3.05) is 0 Å². The molecule has 0 fully saturated rings. The van der Waals surface area contributed by atoms with Crippen LogP contribution in [0.4, 0.5) is 8.78 Å².